The van der Waals surface area contributed by atoms with Gasteiger partial charge in [0, 0.05) is 31.9 Å². The normalized spacial score (nSPS) is 21.5. The zero-order chi connectivity index (χ0) is 43.8. The van der Waals surface area contributed by atoms with Gasteiger partial charge in [-0.05, 0) is 81.4 Å². The Labute approximate surface area is 364 Å². The van der Waals surface area contributed by atoms with Gasteiger partial charge in [-0.2, -0.15) is 0 Å². The van der Waals surface area contributed by atoms with Gasteiger partial charge in [0.25, 0.3) is 11.8 Å². The second-order valence-electron chi connectivity index (χ2n) is 17.4. The van der Waals surface area contributed by atoms with Crippen molar-refractivity contribution in [2.45, 2.75) is 141 Å². The topological polar surface area (TPSA) is 159 Å². The fourth-order valence-electron chi connectivity index (χ4n) is 8.01. The number of hydrogen-bond donors (Lipinski definition) is 6. The highest BCUT2D eigenvalue weighted by Crippen LogP contribution is 2.41. The van der Waals surface area contributed by atoms with Gasteiger partial charge >= 0.3 is 0 Å². The largest absolute Gasteiger partial charge is 0.392 e. The van der Waals surface area contributed by atoms with Gasteiger partial charge in [0.05, 0.1) is 51.3 Å². The number of aliphatic hydroxyl groups is 2. The summed E-state index contributed by atoms with van der Waals surface area (Å²) in [6.07, 6.45) is 6.51. The Morgan fingerprint density at radius 2 is 1.83 bits per heavy atom. The average Bonchev–Trinajstić information content (AvgIpc) is 3.60. The summed E-state index contributed by atoms with van der Waals surface area (Å²) in [6, 6.07) is 5.95. The number of benzene rings is 1. The van der Waals surface area contributed by atoms with Gasteiger partial charge in [0.2, 0.25) is 5.91 Å². The lowest BCUT2D eigenvalue weighted by Crippen LogP contribution is -2.61. The van der Waals surface area contributed by atoms with E-state index in [-0.39, 0.29) is 43.7 Å². The number of nitrogens with one attached hydrogen (secondary N) is 4. The molecular weight excluding hydrogens is 805 g/mol. The molecule has 1 saturated heterocycles. The third-order valence-corrected chi connectivity index (χ3v) is 13.0. The standard InChI is InChI=1S/C45H65ClFN7O5S/c1-8-23-53(29(4)50-41(57)37-33(46)14-13-16-35(37)48-9-2)24-12-10-11-15-34(30-17-19-31(20-18-30)38-28(3)49-27-60-38)51-40(56)36-25-32(55)26-54(36)42(58)39(44(5,6)7)52-43(59)45(47)21-22-45/h13,16-20,27,32-34,36,39,42,48,55,58H,4,8-12,14-15,21-26H2,1-3,5-7H3,(H,50,57)(H,51,56)(H,52,59)/t32?,33?,34-,36-,39+,42?/m0/s1. The number of thiazole rings is 1. The van der Waals surface area contributed by atoms with Crippen LogP contribution in [0, 0.1) is 12.3 Å². The maximum Gasteiger partial charge on any atom is 0.258 e. The Balaban J connectivity index is 1.26. The molecule has 0 spiro atoms. The number of β-amino-alcohol motifs (C(OH)–C–C–N with tert-alkyl or cyclic N) is 1. The number of nitrogens with zero attached hydrogens (tertiary/aromatic N) is 3. The van der Waals surface area contributed by atoms with Crippen LogP contribution in [0.25, 0.3) is 10.4 Å². The van der Waals surface area contributed by atoms with Gasteiger partial charge in [0.1, 0.15) is 12.0 Å². The van der Waals surface area contributed by atoms with E-state index in [0.29, 0.717) is 37.3 Å². The average molecular weight is 871 g/mol. The lowest BCUT2D eigenvalue weighted by molar-refractivity contribution is -0.138. The Bertz CT molecular complexity index is 1880. The molecule has 15 heteroatoms. The van der Waals surface area contributed by atoms with Gasteiger partial charge in [-0.3, -0.25) is 19.3 Å². The van der Waals surface area contributed by atoms with E-state index in [4.69, 9.17) is 11.6 Å². The van der Waals surface area contributed by atoms with Crippen molar-refractivity contribution in [1.82, 2.24) is 36.1 Å². The van der Waals surface area contributed by atoms with E-state index < -0.39 is 46.8 Å². The van der Waals surface area contributed by atoms with Crippen LogP contribution < -0.4 is 21.3 Å². The second-order valence-corrected chi connectivity index (χ2v) is 18.8. The summed E-state index contributed by atoms with van der Waals surface area (Å²) in [4.78, 5) is 49.6. The first-order valence-electron chi connectivity index (χ1n) is 21.4. The van der Waals surface area contributed by atoms with Crippen molar-refractivity contribution in [2.75, 3.05) is 26.2 Å². The molecule has 2 heterocycles. The van der Waals surface area contributed by atoms with Crippen molar-refractivity contribution in [2.24, 2.45) is 5.41 Å². The van der Waals surface area contributed by atoms with Crippen LogP contribution in [0.5, 0.6) is 0 Å². The van der Waals surface area contributed by atoms with Crippen molar-refractivity contribution in [3.63, 3.8) is 0 Å². The quantitative estimate of drug-likeness (QED) is 0.0621. The monoisotopic (exact) mass is 869 g/mol. The first-order chi connectivity index (χ1) is 28.5. The summed E-state index contributed by atoms with van der Waals surface area (Å²) in [5, 5.41) is 34.3. The molecule has 1 saturated carbocycles. The molecule has 6 N–H and O–H groups in total. The fourth-order valence-corrected chi connectivity index (χ4v) is 9.14. The summed E-state index contributed by atoms with van der Waals surface area (Å²) in [5.41, 5.74) is 3.34. The molecule has 3 unspecified atom stereocenters. The first kappa shape index (κ1) is 47.2. The number of halogens is 2. The number of aromatic nitrogens is 1. The number of amides is 3. The molecule has 5 rings (SSSR count). The van der Waals surface area contributed by atoms with Gasteiger partial charge in [-0.15, -0.1) is 22.9 Å². The second kappa shape index (κ2) is 20.8. The lowest BCUT2D eigenvalue weighted by Gasteiger charge is -2.41. The molecule has 1 aromatic carbocycles. The summed E-state index contributed by atoms with van der Waals surface area (Å²) < 4.78 is 14.7. The van der Waals surface area contributed by atoms with E-state index in [2.05, 4.69) is 44.7 Å². The third kappa shape index (κ3) is 12.0. The van der Waals surface area contributed by atoms with Crippen molar-refractivity contribution in [3.8, 4) is 10.4 Å². The number of unbranched alkanes of at least 4 members (excludes halogenated alkanes) is 2. The summed E-state index contributed by atoms with van der Waals surface area (Å²) in [5.74, 6) is -0.839. The molecule has 60 heavy (non-hydrogen) atoms. The molecule has 2 aliphatic carbocycles. The highest BCUT2D eigenvalue weighted by Gasteiger charge is 2.53. The number of allylic oxidation sites excluding steroid dienone is 2. The zero-order valence-electron chi connectivity index (χ0n) is 36.0. The molecule has 330 valence electrons. The van der Waals surface area contributed by atoms with Crippen LogP contribution in [-0.4, -0.2) is 104 Å². The molecule has 6 atom stereocenters. The van der Waals surface area contributed by atoms with E-state index >= 15 is 0 Å². The number of likely N-dealkylation sites (tertiary alicyclic amines) is 1. The predicted octanol–water partition coefficient (Wildman–Crippen LogP) is 6.35. The third-order valence-electron chi connectivity index (χ3n) is 11.6. The number of likely N-dealkylation sites (N-methyl/N-ethyl adjacent to an activating group) is 1. The maximum absolute atomic E-state index is 14.7. The fraction of sp³-hybridized carbons (Fsp3) is 0.600. The van der Waals surface area contributed by atoms with Crippen LogP contribution in [0.2, 0.25) is 0 Å². The Hall–Kier alpha value is -3.82. The number of rotatable bonds is 21. The molecule has 1 aliphatic heterocycles. The number of aryl methyl sites for hydroxylation is 1. The summed E-state index contributed by atoms with van der Waals surface area (Å²) >= 11 is 8.15. The van der Waals surface area contributed by atoms with Crippen LogP contribution in [0.1, 0.15) is 110 Å². The van der Waals surface area contributed by atoms with Crippen LogP contribution in [0.4, 0.5) is 4.39 Å². The molecule has 1 aromatic heterocycles. The van der Waals surface area contributed by atoms with Gasteiger partial charge in [0.15, 0.2) is 5.67 Å². The summed E-state index contributed by atoms with van der Waals surface area (Å²) in [6.45, 7) is 17.8. The van der Waals surface area contributed by atoms with E-state index in [1.807, 2.05) is 76.5 Å². The van der Waals surface area contributed by atoms with E-state index in [9.17, 15) is 29.0 Å². The van der Waals surface area contributed by atoms with Gasteiger partial charge in [-0.1, -0.05) is 77.5 Å². The number of hydrogen-bond acceptors (Lipinski definition) is 10. The molecule has 0 radical (unpaired) electrons. The maximum atomic E-state index is 14.7. The van der Waals surface area contributed by atoms with Crippen molar-refractivity contribution in [3.05, 3.63) is 76.9 Å². The molecular formula is C45H65ClFN7O5S. The molecule has 2 aromatic rings. The van der Waals surface area contributed by atoms with Gasteiger partial charge < -0.3 is 36.4 Å². The molecule has 3 aliphatic rings. The highest BCUT2D eigenvalue weighted by atomic mass is 35.5. The molecule has 3 amide bonds. The van der Waals surface area contributed by atoms with E-state index in [1.165, 1.54) is 4.90 Å². The molecule has 12 nitrogen and oxygen atoms in total. The lowest BCUT2D eigenvalue weighted by atomic mass is 9.84. The van der Waals surface area contributed by atoms with Crippen molar-refractivity contribution < 1.29 is 29.0 Å². The summed E-state index contributed by atoms with van der Waals surface area (Å²) in [7, 11) is 0. The number of carbonyl (C=O) groups excluding carboxylic acids is 3. The predicted molar refractivity (Wildman–Crippen MR) is 236 cm³/mol. The number of carbonyl (C=O) groups is 3. The smallest absolute Gasteiger partial charge is 0.258 e. The van der Waals surface area contributed by atoms with Crippen LogP contribution >= 0.6 is 22.9 Å². The SMILES string of the molecule is C=C(NC(=O)C1=C(NCC)C=CCC1Cl)N(CCC)CCCCC[C@H](NC(=O)[C@@H]1CC(O)CN1C(O)[C@@H](NC(=O)C1(F)CC1)C(C)(C)C)c1ccc(-c2scnc2C)cc1. The van der Waals surface area contributed by atoms with Crippen molar-refractivity contribution >= 4 is 40.7 Å². The minimum Gasteiger partial charge on any atom is -0.392 e. The zero-order valence-corrected chi connectivity index (χ0v) is 37.6. The van der Waals surface area contributed by atoms with Crippen molar-refractivity contribution in [1.29, 1.82) is 0 Å². The highest BCUT2D eigenvalue weighted by molar-refractivity contribution is 7.13. The van der Waals surface area contributed by atoms with Crippen LogP contribution in [0.3, 0.4) is 0 Å². The Morgan fingerprint density at radius 1 is 1.12 bits per heavy atom. The minimum atomic E-state index is -1.93. The minimum absolute atomic E-state index is 0.0218. The Kier molecular flexibility index (Phi) is 16.4. The number of alkyl halides is 2. The first-order valence-corrected chi connectivity index (χ1v) is 22.7. The van der Waals surface area contributed by atoms with E-state index in [0.717, 1.165) is 59.6 Å². The molecule has 2 fully saturated rings. The Morgan fingerprint density at radius 3 is 2.45 bits per heavy atom. The van der Waals surface area contributed by atoms with Crippen LogP contribution in [-0.2, 0) is 14.4 Å². The molecule has 0 bridgehead atoms. The number of aliphatic hydroxyl groups excluding tert-OH is 2. The van der Waals surface area contributed by atoms with Crippen LogP contribution in [0.15, 0.2) is 65.6 Å². The van der Waals surface area contributed by atoms with E-state index in [1.54, 1.807) is 11.3 Å². The van der Waals surface area contributed by atoms with Gasteiger partial charge in [-0.25, -0.2) is 9.37 Å².